The van der Waals surface area contributed by atoms with Crippen molar-refractivity contribution in [3.05, 3.63) is 26.9 Å². The van der Waals surface area contributed by atoms with Crippen LogP contribution in [0.1, 0.15) is 0 Å². The van der Waals surface area contributed by atoms with E-state index in [0.717, 1.165) is 0 Å². The van der Waals surface area contributed by atoms with Crippen molar-refractivity contribution in [1.82, 2.24) is 0 Å². The van der Waals surface area contributed by atoms with E-state index in [1.54, 1.807) is 6.08 Å². The van der Waals surface area contributed by atoms with E-state index in [1.165, 1.54) is 0 Å². The van der Waals surface area contributed by atoms with Crippen molar-refractivity contribution in [2.75, 3.05) is 0 Å². The highest BCUT2D eigenvalue weighted by Gasteiger charge is 2.12. The van der Waals surface area contributed by atoms with Gasteiger partial charge in [0.2, 0.25) is 0 Å². The van der Waals surface area contributed by atoms with E-state index in [9.17, 15) is 0 Å². The summed E-state index contributed by atoms with van der Waals surface area (Å²) in [6.07, 6.45) is 1.56. The summed E-state index contributed by atoms with van der Waals surface area (Å²) in [7, 11) is 0. The summed E-state index contributed by atoms with van der Waals surface area (Å²) in [5.74, 6) is 0. The Labute approximate surface area is 78.7 Å². The van der Waals surface area contributed by atoms with Crippen LogP contribution in [0.4, 0.5) is 0 Å². The Bertz CT molecular complexity index is 244. The maximum absolute atomic E-state index is 5.66. The second kappa shape index (κ2) is 3.21. The first-order valence-electron chi connectivity index (χ1n) is 2.45. The molecule has 0 aliphatic heterocycles. The van der Waals surface area contributed by atoms with E-state index in [-0.39, 0.29) is 0 Å². The second-order valence-corrected chi connectivity index (χ2v) is 3.37. The molecule has 0 fully saturated rings. The third kappa shape index (κ3) is 1.72. The average Bonchev–Trinajstić information content (AvgIpc) is 1.84. The van der Waals surface area contributed by atoms with Gasteiger partial charge in [-0.05, 0) is 6.08 Å². The van der Waals surface area contributed by atoms with Crippen LogP contribution in [0.15, 0.2) is 26.9 Å². The van der Waals surface area contributed by atoms with Crippen LogP contribution >= 0.6 is 46.4 Å². The molecule has 0 saturated carbocycles. The molecule has 1 unspecified atom stereocenters. The number of rotatable bonds is 0. The normalized spacial score (nSPS) is 25.2. The van der Waals surface area contributed by atoms with Gasteiger partial charge < -0.3 is 0 Å². The minimum Gasteiger partial charge on any atom is -0.111 e. The molecule has 0 spiro atoms. The quantitative estimate of drug-likeness (QED) is 0.428. The molecule has 0 bridgehead atoms. The zero-order chi connectivity index (χ0) is 7.72. The number of halogens is 4. The van der Waals surface area contributed by atoms with Crippen LogP contribution in [0.2, 0.25) is 0 Å². The molecule has 0 aromatic carbocycles. The SMILES string of the molecule is ClC1=C=C(Cl)C(Cl)C=C1Cl. The predicted molar refractivity (Wildman–Crippen MR) is 45.8 cm³/mol. The Balaban J connectivity index is 3.12. The lowest BCUT2D eigenvalue weighted by Gasteiger charge is -2.05. The number of allylic oxidation sites excluding steroid dienone is 3. The van der Waals surface area contributed by atoms with E-state index < -0.39 is 5.38 Å². The van der Waals surface area contributed by atoms with Gasteiger partial charge in [0.25, 0.3) is 0 Å². The van der Waals surface area contributed by atoms with Gasteiger partial charge in [-0.15, -0.1) is 11.6 Å². The molecular weight excluding hydrogens is 214 g/mol. The number of hydrogen-bond acceptors (Lipinski definition) is 0. The molecule has 0 amide bonds. The predicted octanol–water partition coefficient (Wildman–Crippen LogP) is 3.57. The van der Waals surface area contributed by atoms with Gasteiger partial charge in [-0.3, -0.25) is 0 Å². The van der Waals surface area contributed by atoms with Gasteiger partial charge in [0.1, 0.15) is 5.03 Å². The van der Waals surface area contributed by atoms with E-state index in [1.807, 2.05) is 0 Å². The summed E-state index contributed by atoms with van der Waals surface area (Å²) >= 11 is 22.4. The molecule has 0 aromatic heterocycles. The Hall–Kier alpha value is 0.420. The van der Waals surface area contributed by atoms with E-state index >= 15 is 0 Å². The van der Waals surface area contributed by atoms with Crippen molar-refractivity contribution >= 4 is 46.4 Å². The molecule has 10 heavy (non-hydrogen) atoms. The van der Waals surface area contributed by atoms with E-state index in [0.29, 0.717) is 15.1 Å². The van der Waals surface area contributed by atoms with Gasteiger partial charge in [0.15, 0.2) is 0 Å². The molecule has 1 atom stereocenters. The topological polar surface area (TPSA) is 0 Å². The van der Waals surface area contributed by atoms with E-state index in [4.69, 9.17) is 46.4 Å². The number of alkyl halides is 1. The van der Waals surface area contributed by atoms with Gasteiger partial charge in [-0.25, -0.2) is 0 Å². The summed E-state index contributed by atoms with van der Waals surface area (Å²) in [4.78, 5) is 0. The lowest BCUT2D eigenvalue weighted by atomic mass is 10.3. The summed E-state index contributed by atoms with van der Waals surface area (Å²) in [5.41, 5.74) is 2.61. The molecule has 0 heterocycles. The van der Waals surface area contributed by atoms with Crippen molar-refractivity contribution in [2.24, 2.45) is 0 Å². The van der Waals surface area contributed by atoms with Crippen molar-refractivity contribution in [3.8, 4) is 0 Å². The lowest BCUT2D eigenvalue weighted by Crippen LogP contribution is -1.96. The molecule has 0 nitrogen and oxygen atoms in total. The summed E-state index contributed by atoms with van der Waals surface area (Å²) in [6.45, 7) is 0. The molecule has 1 aliphatic carbocycles. The van der Waals surface area contributed by atoms with Crippen LogP contribution < -0.4 is 0 Å². The third-order valence-corrected chi connectivity index (χ3v) is 2.47. The van der Waals surface area contributed by atoms with Gasteiger partial charge in [0, 0.05) is 0 Å². The first-order chi connectivity index (χ1) is 4.61. The highest BCUT2D eigenvalue weighted by molar-refractivity contribution is 6.46. The summed E-state index contributed by atoms with van der Waals surface area (Å²) in [5, 5.41) is 0.683. The smallest absolute Gasteiger partial charge is 0.102 e. The fourth-order valence-electron chi connectivity index (χ4n) is 0.508. The first kappa shape index (κ1) is 8.52. The average molecular weight is 216 g/mol. The van der Waals surface area contributed by atoms with Gasteiger partial charge in [-0.2, -0.15) is 0 Å². The first-order valence-corrected chi connectivity index (χ1v) is 4.02. The monoisotopic (exact) mass is 214 g/mol. The molecule has 54 valence electrons. The van der Waals surface area contributed by atoms with Crippen LogP contribution in [-0.4, -0.2) is 5.38 Å². The van der Waals surface area contributed by atoms with Gasteiger partial charge >= 0.3 is 0 Å². The van der Waals surface area contributed by atoms with Gasteiger partial charge in [-0.1, -0.05) is 40.5 Å². The Morgan fingerprint density at radius 3 is 2.40 bits per heavy atom. The summed E-state index contributed by atoms with van der Waals surface area (Å²) in [6, 6.07) is 0. The fourth-order valence-corrected chi connectivity index (χ4v) is 1.30. The lowest BCUT2D eigenvalue weighted by molar-refractivity contribution is 1.33. The van der Waals surface area contributed by atoms with Crippen LogP contribution in [0, 0.1) is 0 Å². The minimum atomic E-state index is -0.392. The minimum absolute atomic E-state index is 0.309. The Morgan fingerprint density at radius 2 is 1.90 bits per heavy atom. The Morgan fingerprint density at radius 1 is 1.30 bits per heavy atom. The van der Waals surface area contributed by atoms with Gasteiger partial charge in [0.05, 0.1) is 15.4 Å². The van der Waals surface area contributed by atoms with Crippen molar-refractivity contribution in [2.45, 2.75) is 5.38 Å². The molecule has 0 aromatic rings. The Kier molecular flexibility index (Phi) is 2.74. The molecule has 0 N–H and O–H groups in total. The standard InChI is InChI=1S/C6H2Cl4/c7-3-1-4(8)6(10)2-5(3)9/h1,3H. The second-order valence-electron chi connectivity index (χ2n) is 1.70. The highest BCUT2D eigenvalue weighted by atomic mass is 35.5. The summed E-state index contributed by atoms with van der Waals surface area (Å²) < 4.78 is 0. The van der Waals surface area contributed by atoms with Crippen LogP contribution in [0.5, 0.6) is 0 Å². The fraction of sp³-hybridized carbons (Fsp3) is 0.167. The maximum atomic E-state index is 5.66. The third-order valence-electron chi connectivity index (χ3n) is 0.974. The van der Waals surface area contributed by atoms with Crippen molar-refractivity contribution in [3.63, 3.8) is 0 Å². The van der Waals surface area contributed by atoms with Crippen LogP contribution in [0.3, 0.4) is 0 Å². The molecule has 1 aliphatic rings. The number of hydrogen-bond donors (Lipinski definition) is 0. The zero-order valence-corrected chi connectivity index (χ0v) is 7.69. The largest absolute Gasteiger partial charge is 0.111 e. The van der Waals surface area contributed by atoms with E-state index in [2.05, 4.69) is 5.73 Å². The van der Waals surface area contributed by atoms with Crippen molar-refractivity contribution in [1.29, 1.82) is 0 Å². The molecule has 0 radical (unpaired) electrons. The van der Waals surface area contributed by atoms with Crippen LogP contribution in [-0.2, 0) is 0 Å². The molecule has 4 heteroatoms. The molecule has 1 rings (SSSR count). The van der Waals surface area contributed by atoms with Crippen LogP contribution in [0.25, 0.3) is 0 Å². The van der Waals surface area contributed by atoms with Crippen molar-refractivity contribution < 1.29 is 0 Å². The zero-order valence-electron chi connectivity index (χ0n) is 4.67. The molecular formula is C6H2Cl4. The maximum Gasteiger partial charge on any atom is 0.102 e. The highest BCUT2D eigenvalue weighted by Crippen LogP contribution is 2.28. The molecule has 0 saturated heterocycles.